The molecule has 0 N–H and O–H groups in total. The van der Waals surface area contributed by atoms with Gasteiger partial charge in [-0.05, 0) is 45.3 Å². The van der Waals surface area contributed by atoms with Crippen LogP contribution in [0.25, 0.3) is 0 Å². The fourth-order valence-electron chi connectivity index (χ4n) is 1.97. The van der Waals surface area contributed by atoms with Crippen LogP contribution in [0.5, 0.6) is 0 Å². The van der Waals surface area contributed by atoms with Crippen LogP contribution in [0, 0.1) is 0 Å². The van der Waals surface area contributed by atoms with Crippen molar-refractivity contribution in [2.75, 3.05) is 25.5 Å². The van der Waals surface area contributed by atoms with E-state index < -0.39 is 0 Å². The van der Waals surface area contributed by atoms with Gasteiger partial charge in [-0.25, -0.2) is 0 Å². The van der Waals surface area contributed by atoms with Gasteiger partial charge in [-0.1, -0.05) is 19.3 Å². The summed E-state index contributed by atoms with van der Waals surface area (Å²) >= 11 is 5.66. The Labute approximate surface area is 87.4 Å². The minimum atomic E-state index is 0.827. The maximum Gasteiger partial charge on any atom is 0.0223 e. The number of likely N-dealkylation sites (tertiary alicyclic amines) is 1. The van der Waals surface area contributed by atoms with Gasteiger partial charge in [0, 0.05) is 5.88 Å². The molecule has 0 bridgehead atoms. The molecule has 2 heteroatoms. The van der Waals surface area contributed by atoms with Gasteiger partial charge < -0.3 is 4.90 Å². The molecule has 0 aromatic heterocycles. The first-order valence-electron chi connectivity index (χ1n) is 5.72. The Kier molecular flexibility index (Phi) is 6.65. The van der Waals surface area contributed by atoms with E-state index in [1.54, 1.807) is 0 Å². The molecule has 1 aliphatic rings. The Morgan fingerprint density at radius 1 is 0.846 bits per heavy atom. The van der Waals surface area contributed by atoms with Crippen molar-refractivity contribution in [3.63, 3.8) is 0 Å². The predicted octanol–water partition coefficient (Wildman–Crippen LogP) is 3.27. The van der Waals surface area contributed by atoms with E-state index in [4.69, 9.17) is 11.6 Å². The highest BCUT2D eigenvalue weighted by atomic mass is 35.5. The Morgan fingerprint density at radius 2 is 1.46 bits per heavy atom. The third kappa shape index (κ3) is 5.53. The Bertz CT molecular complexity index is 109. The normalized spacial score (nSPS) is 21.0. The minimum Gasteiger partial charge on any atom is -0.303 e. The number of halogens is 1. The number of rotatable bonds is 4. The molecule has 1 rings (SSSR count). The summed E-state index contributed by atoms with van der Waals surface area (Å²) in [6.45, 7) is 3.91. The van der Waals surface area contributed by atoms with Gasteiger partial charge in [-0.2, -0.15) is 0 Å². The average Bonchev–Trinajstić information content (AvgIpc) is 2.08. The third-order valence-electron chi connectivity index (χ3n) is 2.81. The Morgan fingerprint density at radius 3 is 2.08 bits per heavy atom. The van der Waals surface area contributed by atoms with Gasteiger partial charge in [0.05, 0.1) is 0 Å². The first-order valence-corrected chi connectivity index (χ1v) is 6.25. The summed E-state index contributed by atoms with van der Waals surface area (Å²) in [4.78, 5) is 2.62. The van der Waals surface area contributed by atoms with Crippen molar-refractivity contribution in [2.24, 2.45) is 0 Å². The average molecular weight is 204 g/mol. The maximum atomic E-state index is 5.66. The molecule has 0 radical (unpaired) electrons. The first kappa shape index (κ1) is 11.3. The van der Waals surface area contributed by atoms with Gasteiger partial charge in [0.1, 0.15) is 0 Å². The number of hydrogen-bond acceptors (Lipinski definition) is 1. The molecule has 1 aliphatic heterocycles. The fraction of sp³-hybridized carbons (Fsp3) is 1.00. The van der Waals surface area contributed by atoms with E-state index >= 15 is 0 Å². The number of alkyl halides is 1. The van der Waals surface area contributed by atoms with Crippen LogP contribution >= 0.6 is 11.6 Å². The summed E-state index contributed by atoms with van der Waals surface area (Å²) < 4.78 is 0. The predicted molar refractivity (Wildman–Crippen MR) is 59.5 cm³/mol. The minimum absolute atomic E-state index is 0.827. The van der Waals surface area contributed by atoms with Crippen molar-refractivity contribution in [1.82, 2.24) is 4.90 Å². The van der Waals surface area contributed by atoms with Crippen molar-refractivity contribution < 1.29 is 0 Å². The smallest absolute Gasteiger partial charge is 0.0223 e. The molecule has 0 aliphatic carbocycles. The van der Waals surface area contributed by atoms with Crippen molar-refractivity contribution in [3.05, 3.63) is 0 Å². The van der Waals surface area contributed by atoms with Crippen LogP contribution in [0.1, 0.15) is 44.9 Å². The molecule has 0 amide bonds. The van der Waals surface area contributed by atoms with E-state index in [1.807, 2.05) is 0 Å². The van der Waals surface area contributed by atoms with Crippen LogP contribution in [-0.2, 0) is 0 Å². The van der Waals surface area contributed by atoms with E-state index in [9.17, 15) is 0 Å². The quantitative estimate of drug-likeness (QED) is 0.501. The molecule has 0 saturated carbocycles. The molecule has 13 heavy (non-hydrogen) atoms. The number of hydrogen-bond donors (Lipinski definition) is 0. The Hall–Kier alpha value is 0.250. The molecule has 1 fully saturated rings. The molecule has 0 unspecified atom stereocenters. The second kappa shape index (κ2) is 7.64. The van der Waals surface area contributed by atoms with Crippen molar-refractivity contribution in [1.29, 1.82) is 0 Å². The summed E-state index contributed by atoms with van der Waals surface area (Å²) in [6, 6.07) is 0. The van der Waals surface area contributed by atoms with Crippen molar-refractivity contribution in [3.8, 4) is 0 Å². The highest BCUT2D eigenvalue weighted by molar-refractivity contribution is 6.17. The van der Waals surface area contributed by atoms with Crippen LogP contribution in [-0.4, -0.2) is 30.4 Å². The van der Waals surface area contributed by atoms with Crippen molar-refractivity contribution in [2.45, 2.75) is 44.9 Å². The molecular weight excluding hydrogens is 182 g/mol. The lowest BCUT2D eigenvalue weighted by Gasteiger charge is -2.24. The summed E-state index contributed by atoms with van der Waals surface area (Å²) in [5.41, 5.74) is 0. The highest BCUT2D eigenvalue weighted by Gasteiger charge is 2.06. The summed E-state index contributed by atoms with van der Waals surface area (Å²) in [6.07, 6.45) is 9.59. The zero-order chi connectivity index (χ0) is 9.36. The lowest BCUT2D eigenvalue weighted by molar-refractivity contribution is 0.244. The van der Waals surface area contributed by atoms with E-state index in [2.05, 4.69) is 4.90 Å². The molecule has 0 spiro atoms. The molecular formula is C11H22ClN. The number of unbranched alkanes of at least 4 members (excludes halogenated alkanes) is 1. The highest BCUT2D eigenvalue weighted by Crippen LogP contribution is 2.10. The molecule has 1 saturated heterocycles. The zero-order valence-corrected chi connectivity index (χ0v) is 9.36. The first-order chi connectivity index (χ1) is 6.43. The van der Waals surface area contributed by atoms with Crippen LogP contribution in [0.3, 0.4) is 0 Å². The standard InChI is InChI=1S/C11H22ClN/c12-8-4-7-11-13-9-5-2-1-3-6-10-13/h1-11H2. The third-order valence-corrected chi connectivity index (χ3v) is 3.07. The monoisotopic (exact) mass is 203 g/mol. The summed E-state index contributed by atoms with van der Waals surface area (Å²) in [5.74, 6) is 0.827. The van der Waals surface area contributed by atoms with E-state index in [1.165, 1.54) is 64.6 Å². The summed E-state index contributed by atoms with van der Waals surface area (Å²) in [7, 11) is 0. The molecule has 0 aromatic rings. The van der Waals surface area contributed by atoms with Crippen LogP contribution in [0.2, 0.25) is 0 Å². The van der Waals surface area contributed by atoms with Crippen LogP contribution in [0.4, 0.5) is 0 Å². The van der Waals surface area contributed by atoms with Gasteiger partial charge in [-0.3, -0.25) is 0 Å². The van der Waals surface area contributed by atoms with Gasteiger partial charge in [0.25, 0.3) is 0 Å². The molecule has 0 atom stereocenters. The zero-order valence-electron chi connectivity index (χ0n) is 8.60. The molecule has 78 valence electrons. The van der Waals surface area contributed by atoms with Gasteiger partial charge in [0.15, 0.2) is 0 Å². The fourth-order valence-corrected chi connectivity index (χ4v) is 2.16. The van der Waals surface area contributed by atoms with E-state index in [-0.39, 0.29) is 0 Å². The summed E-state index contributed by atoms with van der Waals surface area (Å²) in [5, 5.41) is 0. The van der Waals surface area contributed by atoms with Crippen LogP contribution < -0.4 is 0 Å². The second-order valence-corrected chi connectivity index (χ2v) is 4.38. The number of nitrogens with zero attached hydrogens (tertiary/aromatic N) is 1. The lowest BCUT2D eigenvalue weighted by atomic mass is 10.1. The van der Waals surface area contributed by atoms with E-state index in [0.29, 0.717) is 0 Å². The van der Waals surface area contributed by atoms with Gasteiger partial charge >= 0.3 is 0 Å². The topological polar surface area (TPSA) is 3.24 Å². The largest absolute Gasteiger partial charge is 0.303 e. The molecule has 1 heterocycles. The maximum absolute atomic E-state index is 5.66. The van der Waals surface area contributed by atoms with E-state index in [0.717, 1.165) is 5.88 Å². The molecule has 0 aromatic carbocycles. The Balaban J connectivity index is 2.06. The SMILES string of the molecule is ClCCCCN1CCCCCCC1. The van der Waals surface area contributed by atoms with Gasteiger partial charge in [-0.15, -0.1) is 11.6 Å². The second-order valence-electron chi connectivity index (χ2n) is 4.01. The van der Waals surface area contributed by atoms with Crippen molar-refractivity contribution >= 4 is 11.6 Å². The van der Waals surface area contributed by atoms with Crippen LogP contribution in [0.15, 0.2) is 0 Å². The molecule has 1 nitrogen and oxygen atoms in total. The lowest BCUT2D eigenvalue weighted by Crippen LogP contribution is -2.28. The van der Waals surface area contributed by atoms with Gasteiger partial charge in [0.2, 0.25) is 0 Å².